The zero-order chi connectivity index (χ0) is 21.1. The maximum atomic E-state index is 12.8. The number of benzene rings is 2. The molecule has 1 atom stereocenters. The van der Waals surface area contributed by atoms with E-state index in [0.717, 1.165) is 0 Å². The summed E-state index contributed by atoms with van der Waals surface area (Å²) in [6, 6.07) is 10.7. The molecule has 150 valence electrons. The van der Waals surface area contributed by atoms with Gasteiger partial charge in [0.1, 0.15) is 11.5 Å². The van der Waals surface area contributed by atoms with E-state index in [1.807, 2.05) is 6.92 Å². The second kappa shape index (κ2) is 8.72. The monoisotopic (exact) mass is 431 g/mol. The summed E-state index contributed by atoms with van der Waals surface area (Å²) in [5, 5.41) is 11.7. The Morgan fingerprint density at radius 2 is 2.00 bits per heavy atom. The molecule has 5 nitrogen and oxygen atoms in total. The Balaban J connectivity index is 2.17. The summed E-state index contributed by atoms with van der Waals surface area (Å²) in [5.41, 5.74) is 0.888. The van der Waals surface area contributed by atoms with Crippen LogP contribution in [0.3, 0.4) is 0 Å². The molecule has 1 aliphatic heterocycles. The number of aliphatic hydroxyl groups is 1. The molecule has 2 aromatic carbocycles. The quantitative estimate of drug-likeness (QED) is 0.302. The molecular formula is C22H19Cl2NO4. The lowest BCUT2D eigenvalue weighted by Crippen LogP contribution is -2.29. The Morgan fingerprint density at radius 3 is 2.62 bits per heavy atom. The highest BCUT2D eigenvalue weighted by molar-refractivity contribution is 6.46. The number of nitrogens with zero attached hydrogens (tertiary/aromatic N) is 1. The number of aliphatic hydroxyl groups excluding tert-OH is 1. The molecule has 1 heterocycles. The summed E-state index contributed by atoms with van der Waals surface area (Å²) in [7, 11) is 0. The Hall–Kier alpha value is -2.76. The summed E-state index contributed by atoms with van der Waals surface area (Å²) >= 11 is 12.3. The van der Waals surface area contributed by atoms with Gasteiger partial charge in [-0.05, 0) is 42.8 Å². The van der Waals surface area contributed by atoms with Crippen molar-refractivity contribution >= 4 is 40.7 Å². The minimum atomic E-state index is -0.794. The molecule has 0 bridgehead atoms. The van der Waals surface area contributed by atoms with E-state index < -0.39 is 17.7 Å². The first-order chi connectivity index (χ1) is 13.9. The number of ether oxygens (including phenoxy) is 1. The lowest BCUT2D eigenvalue weighted by molar-refractivity contribution is -0.139. The van der Waals surface area contributed by atoms with Crippen LogP contribution in [0.25, 0.3) is 5.76 Å². The summed E-state index contributed by atoms with van der Waals surface area (Å²) in [6.07, 6.45) is 1.52. The molecule has 0 aromatic heterocycles. The molecule has 0 spiro atoms. The molecule has 1 amide bonds. The van der Waals surface area contributed by atoms with Gasteiger partial charge in [-0.3, -0.25) is 9.59 Å². The largest absolute Gasteiger partial charge is 0.507 e. The third-order valence-corrected chi connectivity index (χ3v) is 5.07. The highest BCUT2D eigenvalue weighted by Crippen LogP contribution is 2.40. The van der Waals surface area contributed by atoms with Crippen molar-refractivity contribution in [2.45, 2.75) is 13.0 Å². The minimum Gasteiger partial charge on any atom is -0.507 e. The van der Waals surface area contributed by atoms with E-state index in [4.69, 9.17) is 27.9 Å². The van der Waals surface area contributed by atoms with Crippen molar-refractivity contribution in [2.24, 2.45) is 0 Å². The number of Topliss-reactive ketones (excluding diaryl/α,β-unsaturated/α-hetero) is 1. The number of halogens is 2. The number of carbonyl (C=O) groups excluding carboxylic acids is 2. The molecule has 1 aliphatic rings. The molecule has 1 saturated heterocycles. The van der Waals surface area contributed by atoms with Gasteiger partial charge in [-0.15, -0.1) is 6.58 Å². The lowest BCUT2D eigenvalue weighted by Gasteiger charge is -2.24. The maximum absolute atomic E-state index is 12.8. The SMILES string of the molecule is C=CCN1C(=O)C(=O)C(=C(O)c2ccc(OCC)c(Cl)c2)[C@@H]1c1cccc(Cl)c1. The van der Waals surface area contributed by atoms with E-state index >= 15 is 0 Å². The van der Waals surface area contributed by atoms with Gasteiger partial charge in [0.2, 0.25) is 0 Å². The Labute approximate surface area is 178 Å². The predicted molar refractivity (Wildman–Crippen MR) is 113 cm³/mol. The van der Waals surface area contributed by atoms with Gasteiger partial charge in [0.15, 0.2) is 0 Å². The normalized spacial score (nSPS) is 18.2. The number of amides is 1. The minimum absolute atomic E-state index is 0.0284. The molecule has 29 heavy (non-hydrogen) atoms. The van der Waals surface area contributed by atoms with E-state index in [-0.39, 0.29) is 22.9 Å². The van der Waals surface area contributed by atoms with Gasteiger partial charge in [-0.2, -0.15) is 0 Å². The molecule has 0 radical (unpaired) electrons. The average molecular weight is 432 g/mol. The second-order valence-electron chi connectivity index (χ2n) is 6.37. The Bertz CT molecular complexity index is 1020. The first kappa shape index (κ1) is 21.0. The van der Waals surface area contributed by atoms with E-state index in [9.17, 15) is 14.7 Å². The van der Waals surface area contributed by atoms with Gasteiger partial charge in [0.25, 0.3) is 11.7 Å². The fourth-order valence-corrected chi connectivity index (χ4v) is 3.74. The van der Waals surface area contributed by atoms with Crippen LogP contribution in [0.15, 0.2) is 60.7 Å². The third-order valence-electron chi connectivity index (χ3n) is 4.54. The van der Waals surface area contributed by atoms with Crippen LogP contribution in [-0.2, 0) is 9.59 Å². The van der Waals surface area contributed by atoms with E-state index in [1.54, 1.807) is 36.4 Å². The van der Waals surface area contributed by atoms with E-state index in [1.165, 1.54) is 17.0 Å². The molecule has 2 aromatic rings. The first-order valence-corrected chi connectivity index (χ1v) is 9.72. The second-order valence-corrected chi connectivity index (χ2v) is 7.22. The Kier molecular flexibility index (Phi) is 6.30. The number of carbonyl (C=O) groups is 2. The predicted octanol–water partition coefficient (Wildman–Crippen LogP) is 5.00. The lowest BCUT2D eigenvalue weighted by atomic mass is 9.95. The average Bonchev–Trinajstić information content (AvgIpc) is 2.94. The fourth-order valence-electron chi connectivity index (χ4n) is 3.31. The highest BCUT2D eigenvalue weighted by Gasteiger charge is 2.45. The molecular weight excluding hydrogens is 413 g/mol. The maximum Gasteiger partial charge on any atom is 0.295 e. The van der Waals surface area contributed by atoms with Gasteiger partial charge in [0, 0.05) is 17.1 Å². The summed E-state index contributed by atoms with van der Waals surface area (Å²) in [5.74, 6) is -1.35. The molecule has 7 heteroatoms. The van der Waals surface area contributed by atoms with Crippen LogP contribution < -0.4 is 4.74 Å². The van der Waals surface area contributed by atoms with Crippen molar-refractivity contribution in [3.8, 4) is 5.75 Å². The standard InChI is InChI=1S/C22H19Cl2NO4/c1-3-10-25-19(13-6-5-7-15(23)11-13)18(21(27)22(25)28)20(26)14-8-9-17(29-4-2)16(24)12-14/h3,5-9,11-12,19,26H,1,4,10H2,2H3/t19-/m0/s1. The summed E-state index contributed by atoms with van der Waals surface area (Å²) in [6.45, 7) is 6.06. The number of ketones is 1. The summed E-state index contributed by atoms with van der Waals surface area (Å²) in [4.78, 5) is 26.8. The number of hydrogen-bond acceptors (Lipinski definition) is 4. The number of hydrogen-bond donors (Lipinski definition) is 1. The molecule has 1 fully saturated rings. The molecule has 0 unspecified atom stereocenters. The van der Waals surface area contributed by atoms with Crippen LogP contribution in [0.1, 0.15) is 24.1 Å². The van der Waals surface area contributed by atoms with Crippen molar-refractivity contribution in [3.05, 3.63) is 81.9 Å². The van der Waals surface area contributed by atoms with Crippen molar-refractivity contribution in [3.63, 3.8) is 0 Å². The summed E-state index contributed by atoms with van der Waals surface area (Å²) < 4.78 is 5.40. The molecule has 1 N–H and O–H groups in total. The topological polar surface area (TPSA) is 66.8 Å². The van der Waals surface area contributed by atoms with Gasteiger partial charge >= 0.3 is 0 Å². The highest BCUT2D eigenvalue weighted by atomic mass is 35.5. The zero-order valence-corrected chi connectivity index (χ0v) is 17.2. The molecule has 0 aliphatic carbocycles. The van der Waals surface area contributed by atoms with Crippen LogP contribution >= 0.6 is 23.2 Å². The first-order valence-electron chi connectivity index (χ1n) is 8.96. The van der Waals surface area contributed by atoms with Crippen LogP contribution in [-0.4, -0.2) is 34.8 Å². The van der Waals surface area contributed by atoms with Crippen LogP contribution in [0, 0.1) is 0 Å². The van der Waals surface area contributed by atoms with Gasteiger partial charge in [-0.1, -0.05) is 41.4 Å². The third kappa shape index (κ3) is 4.02. The van der Waals surface area contributed by atoms with Crippen molar-refractivity contribution in [1.82, 2.24) is 4.90 Å². The fraction of sp³-hybridized carbons (Fsp3) is 0.182. The van der Waals surface area contributed by atoms with E-state index in [2.05, 4.69) is 6.58 Å². The van der Waals surface area contributed by atoms with Crippen LogP contribution in [0.5, 0.6) is 5.75 Å². The number of likely N-dealkylation sites (tertiary alicyclic amines) is 1. The van der Waals surface area contributed by atoms with Crippen LogP contribution in [0.4, 0.5) is 0 Å². The smallest absolute Gasteiger partial charge is 0.295 e. The van der Waals surface area contributed by atoms with E-state index in [0.29, 0.717) is 28.5 Å². The van der Waals surface area contributed by atoms with Gasteiger partial charge < -0.3 is 14.7 Å². The van der Waals surface area contributed by atoms with Gasteiger partial charge in [0.05, 0.1) is 23.2 Å². The van der Waals surface area contributed by atoms with Gasteiger partial charge in [-0.25, -0.2) is 0 Å². The van der Waals surface area contributed by atoms with Crippen molar-refractivity contribution in [1.29, 1.82) is 0 Å². The molecule has 3 rings (SSSR count). The van der Waals surface area contributed by atoms with Crippen molar-refractivity contribution < 1.29 is 19.4 Å². The van der Waals surface area contributed by atoms with Crippen molar-refractivity contribution in [2.75, 3.05) is 13.2 Å². The Morgan fingerprint density at radius 1 is 1.24 bits per heavy atom. The molecule has 0 saturated carbocycles. The van der Waals surface area contributed by atoms with Crippen LogP contribution in [0.2, 0.25) is 10.0 Å². The zero-order valence-electron chi connectivity index (χ0n) is 15.7. The number of rotatable bonds is 6.